The zero-order valence-corrected chi connectivity index (χ0v) is 45.5. The van der Waals surface area contributed by atoms with Crippen molar-refractivity contribution < 1.29 is 98.9 Å². The minimum atomic E-state index is -4.53. The average molecular weight is 1280 g/mol. The lowest BCUT2D eigenvalue weighted by Crippen LogP contribution is -2.38. The smallest absolute Gasteiger partial charge is 0.439 e. The van der Waals surface area contributed by atoms with Crippen molar-refractivity contribution in [2.75, 3.05) is 26.2 Å². The normalized spacial score (nSPS) is 15.5. The number of benzene rings is 4. The summed E-state index contributed by atoms with van der Waals surface area (Å²) in [5, 5.41) is 15.9. The van der Waals surface area contributed by atoms with E-state index in [0.29, 0.717) is 42.3 Å². The van der Waals surface area contributed by atoms with E-state index in [0.717, 1.165) is 59.1 Å². The summed E-state index contributed by atoms with van der Waals surface area (Å²) in [5.41, 5.74) is 5.42. The molecule has 0 atom stereocenters. The molecule has 7 aromatic rings. The Bertz CT molecular complexity index is 3460. The van der Waals surface area contributed by atoms with Gasteiger partial charge in [-0.05, 0) is 100 Å². The van der Waals surface area contributed by atoms with Crippen molar-refractivity contribution in [3.63, 3.8) is 0 Å². The first-order valence-corrected chi connectivity index (χ1v) is 27.0. The molecule has 86 heavy (non-hydrogen) atoms. The molecule has 0 bridgehead atoms. The number of hydrogen-bond donors (Lipinski definition) is 3. The van der Waals surface area contributed by atoms with Crippen molar-refractivity contribution in [3.8, 4) is 55.5 Å². The number of hydrogen-bond acceptors (Lipinski definition) is 15. The lowest BCUT2D eigenvalue weighted by Gasteiger charge is -2.32. The number of rotatable bonds is 18. The molecule has 2 saturated heterocycles. The van der Waals surface area contributed by atoms with Gasteiger partial charge in [0.05, 0.1) is 55.2 Å². The van der Waals surface area contributed by atoms with Gasteiger partial charge < -0.3 is 29.9 Å². The number of piperidine rings is 2. The Hall–Kier alpha value is -7.65. The molecule has 2 fully saturated rings. The minimum Gasteiger partial charge on any atom is -0.488 e. The lowest BCUT2D eigenvalue weighted by molar-refractivity contribution is -0.186. The highest BCUT2D eigenvalue weighted by molar-refractivity contribution is 7.15. The number of aromatic nitrogens is 4. The molecule has 15 nitrogen and oxygen atoms in total. The highest BCUT2D eigenvalue weighted by Gasteiger charge is 2.42. The van der Waals surface area contributed by atoms with Crippen LogP contribution in [0.1, 0.15) is 63.5 Å². The third kappa shape index (κ3) is 17.1. The van der Waals surface area contributed by atoms with Gasteiger partial charge in [-0.1, -0.05) is 34.6 Å². The number of likely N-dealkylation sites (tertiary alicyclic amines) is 2. The standard InChI is InChI=1S/C27H22F8N4O4S.C26H24F8N4O3S/c28-24(29)42-20-11-17(5-6-18(20)22-37-25(40)43-38-22)41-13-21-19(12-39-9-7-16(8-10-39)27(33,34)35)36-23(44-21)14-1-3-15(4-2-14)26(30,31)32;27-24(28)41-20-11-17(5-6-18(20)22(35)37-39)40-13-21-19(12-38-9-7-16(8-10-38)26(32,33)34)36-23(42-21)14-1-3-15(4-2-14)25(29,30)31/h1-6,11,16,24H,7-10,12-13H2,(H,37,38,40);1-6,11,16,24,39H,7-10,12-13H2,(H2,35,37). The van der Waals surface area contributed by atoms with Crippen molar-refractivity contribution in [3.05, 3.63) is 133 Å². The van der Waals surface area contributed by atoms with Crippen molar-refractivity contribution in [2.24, 2.45) is 22.7 Å². The summed E-state index contributed by atoms with van der Waals surface area (Å²) in [7, 11) is 0. The van der Waals surface area contributed by atoms with E-state index in [-0.39, 0.29) is 112 Å². The average Bonchev–Trinajstić information content (AvgIpc) is 4.33. The van der Waals surface area contributed by atoms with Crippen LogP contribution in [0.3, 0.4) is 0 Å². The number of nitrogens with zero attached hydrogens (tertiary/aromatic N) is 6. The Morgan fingerprint density at radius 3 is 1.44 bits per heavy atom. The van der Waals surface area contributed by atoms with Crippen LogP contribution in [0.5, 0.6) is 23.0 Å². The van der Waals surface area contributed by atoms with Crippen LogP contribution in [-0.4, -0.2) is 92.7 Å². The minimum absolute atomic E-state index is 0.00571. The highest BCUT2D eigenvalue weighted by atomic mass is 32.1. The van der Waals surface area contributed by atoms with Gasteiger partial charge >= 0.3 is 43.7 Å². The molecule has 5 heterocycles. The van der Waals surface area contributed by atoms with Crippen molar-refractivity contribution in [1.29, 1.82) is 0 Å². The zero-order valence-electron chi connectivity index (χ0n) is 43.9. The van der Waals surface area contributed by atoms with Gasteiger partial charge in [-0.3, -0.25) is 19.3 Å². The van der Waals surface area contributed by atoms with Gasteiger partial charge in [-0.2, -0.15) is 70.2 Å². The maximum absolute atomic E-state index is 13.1. The van der Waals surface area contributed by atoms with Crippen molar-refractivity contribution in [1.82, 2.24) is 29.9 Å². The van der Waals surface area contributed by atoms with E-state index in [2.05, 4.69) is 39.3 Å². The number of oxime groups is 1. The fourth-order valence-corrected chi connectivity index (χ4v) is 11.0. The second kappa shape index (κ2) is 26.9. The first kappa shape index (κ1) is 64.4. The Morgan fingerprint density at radius 1 is 0.640 bits per heavy atom. The topological polar surface area (TPSA) is 187 Å². The number of halogens is 16. The van der Waals surface area contributed by atoms with Gasteiger partial charge in [-0.15, -0.1) is 22.7 Å². The number of nitrogens with one attached hydrogen (secondary N) is 1. The third-order valence-corrected chi connectivity index (χ3v) is 15.7. The summed E-state index contributed by atoms with van der Waals surface area (Å²) in [6, 6.07) is 16.3. The van der Waals surface area contributed by atoms with Gasteiger partial charge in [0.2, 0.25) is 0 Å². The largest absolute Gasteiger partial charge is 0.488 e. The number of aromatic amines is 1. The molecule has 2 aliphatic heterocycles. The zero-order chi connectivity index (χ0) is 62.3. The molecule has 0 radical (unpaired) electrons. The Kier molecular flexibility index (Phi) is 20.2. The SMILES string of the molecule is NC(=NO)c1ccc(OCc2sc(-c3ccc(C(F)(F)F)cc3)nc2CN2CCC(C(F)(F)F)CC2)cc1OC(F)F.O=c1[nH]c(-c2ccc(OCc3sc(-c4ccc(C(F)(F)F)cc4)nc3CN3CCC(C(F)(F)F)CC3)cc2OC(F)F)no1. The van der Waals surface area contributed by atoms with E-state index < -0.39 is 78.2 Å². The van der Waals surface area contributed by atoms with Crippen LogP contribution < -0.4 is 30.4 Å². The van der Waals surface area contributed by atoms with Gasteiger partial charge in [0.15, 0.2) is 11.7 Å². The number of thiazole rings is 2. The van der Waals surface area contributed by atoms with Gasteiger partial charge in [0.25, 0.3) is 0 Å². The van der Waals surface area contributed by atoms with Crippen molar-refractivity contribution >= 4 is 28.5 Å². The van der Waals surface area contributed by atoms with Crippen LogP contribution in [-0.2, 0) is 38.7 Å². The molecule has 0 amide bonds. The summed E-state index contributed by atoms with van der Waals surface area (Å²) in [5.74, 6) is -4.97. The highest BCUT2D eigenvalue weighted by Crippen LogP contribution is 2.41. The summed E-state index contributed by atoms with van der Waals surface area (Å²) in [6.45, 7) is -5.74. The maximum atomic E-state index is 13.1. The first-order valence-electron chi connectivity index (χ1n) is 25.4. The van der Waals surface area contributed by atoms with E-state index in [9.17, 15) is 75.0 Å². The molecule has 33 heteroatoms. The Morgan fingerprint density at radius 2 is 1.06 bits per heavy atom. The van der Waals surface area contributed by atoms with Gasteiger partial charge in [0, 0.05) is 36.3 Å². The van der Waals surface area contributed by atoms with Crippen LogP contribution >= 0.6 is 22.7 Å². The molecule has 0 saturated carbocycles. The van der Waals surface area contributed by atoms with E-state index in [1.807, 2.05) is 0 Å². The van der Waals surface area contributed by atoms with Crippen LogP contribution in [0, 0.1) is 11.8 Å². The second-order valence-electron chi connectivity index (χ2n) is 19.2. The number of amidine groups is 1. The summed E-state index contributed by atoms with van der Waals surface area (Å²) < 4.78 is 234. The second-order valence-corrected chi connectivity index (χ2v) is 21.4. The molecule has 9 rings (SSSR count). The predicted molar refractivity (Wildman–Crippen MR) is 277 cm³/mol. The fraction of sp³-hybridized carbons (Fsp3) is 0.377. The molecule has 2 aliphatic rings. The first-order chi connectivity index (χ1) is 40.5. The number of nitrogens with two attached hydrogens (primary N) is 1. The number of ether oxygens (including phenoxy) is 4. The van der Waals surface area contributed by atoms with Gasteiger partial charge in [0.1, 0.15) is 46.2 Å². The summed E-state index contributed by atoms with van der Waals surface area (Å²) in [6.07, 6.45) is -17.9. The van der Waals surface area contributed by atoms with E-state index in [4.69, 9.17) is 20.4 Å². The monoisotopic (exact) mass is 1270 g/mol. The Balaban J connectivity index is 0.000000224. The van der Waals surface area contributed by atoms with Crippen LogP contribution in [0.25, 0.3) is 32.5 Å². The lowest BCUT2D eigenvalue weighted by atomic mass is 9.96. The molecule has 4 aromatic carbocycles. The fourth-order valence-electron chi connectivity index (χ4n) is 9.03. The predicted octanol–water partition coefficient (Wildman–Crippen LogP) is 14.0. The van der Waals surface area contributed by atoms with E-state index in [1.165, 1.54) is 48.5 Å². The Labute approximate surface area is 483 Å². The molecular formula is C53H46F16N8O7S2. The molecule has 0 aliphatic carbocycles. The van der Waals surface area contributed by atoms with E-state index >= 15 is 0 Å². The molecule has 4 N–H and O–H groups in total. The molecule has 3 aromatic heterocycles. The quantitative estimate of drug-likeness (QED) is 0.0242. The number of alkyl halides is 16. The van der Waals surface area contributed by atoms with Gasteiger partial charge in [-0.25, -0.2) is 14.8 Å². The third-order valence-electron chi connectivity index (χ3n) is 13.5. The van der Waals surface area contributed by atoms with Crippen LogP contribution in [0.4, 0.5) is 70.2 Å². The van der Waals surface area contributed by atoms with E-state index in [1.54, 1.807) is 9.80 Å². The molecule has 0 spiro atoms. The molecule has 0 unspecified atom stereocenters. The molecule has 464 valence electrons. The summed E-state index contributed by atoms with van der Waals surface area (Å²) >= 11 is 2.24. The van der Waals surface area contributed by atoms with Crippen LogP contribution in [0.2, 0.25) is 0 Å². The van der Waals surface area contributed by atoms with Crippen LogP contribution in [0.15, 0.2) is 99.4 Å². The van der Waals surface area contributed by atoms with Crippen molar-refractivity contribution in [2.45, 2.75) is 89.9 Å². The number of H-pyrrole nitrogens is 1. The molecular weight excluding hydrogens is 1230 g/mol. The maximum Gasteiger partial charge on any atom is 0.439 e. The summed E-state index contributed by atoms with van der Waals surface area (Å²) in [4.78, 5) is 27.4.